The van der Waals surface area contributed by atoms with Gasteiger partial charge in [0.1, 0.15) is 5.82 Å². The molecule has 5 nitrogen and oxygen atoms in total. The molecule has 1 N–H and O–H groups in total. The highest BCUT2D eigenvalue weighted by atomic mass is 35.5. The summed E-state index contributed by atoms with van der Waals surface area (Å²) in [5.74, 6) is 0.938. The van der Waals surface area contributed by atoms with Gasteiger partial charge in [-0.25, -0.2) is 4.98 Å². The Labute approximate surface area is 164 Å². The molecule has 0 atom stereocenters. The van der Waals surface area contributed by atoms with Crippen LogP contribution in [0.3, 0.4) is 0 Å². The molecule has 0 radical (unpaired) electrons. The van der Waals surface area contributed by atoms with Crippen LogP contribution in [0.15, 0.2) is 48.5 Å². The third-order valence-electron chi connectivity index (χ3n) is 4.37. The molecule has 0 spiro atoms. The molecule has 2 aromatic carbocycles. The largest absolute Gasteiger partial charge is 0.380 e. The van der Waals surface area contributed by atoms with E-state index in [9.17, 15) is 4.79 Å². The van der Waals surface area contributed by atoms with E-state index in [4.69, 9.17) is 21.3 Å². The van der Waals surface area contributed by atoms with Gasteiger partial charge in [0.2, 0.25) is 0 Å². The molecule has 0 saturated heterocycles. The van der Waals surface area contributed by atoms with Crippen molar-refractivity contribution in [3.63, 3.8) is 0 Å². The van der Waals surface area contributed by atoms with E-state index in [0.717, 1.165) is 36.2 Å². The van der Waals surface area contributed by atoms with Crippen molar-refractivity contribution in [1.29, 1.82) is 0 Å². The van der Waals surface area contributed by atoms with Gasteiger partial charge >= 0.3 is 0 Å². The number of rotatable bonds is 9. The summed E-state index contributed by atoms with van der Waals surface area (Å²) in [7, 11) is 0. The highest BCUT2D eigenvalue weighted by Gasteiger charge is 2.10. The topological polar surface area (TPSA) is 56.1 Å². The Morgan fingerprint density at radius 1 is 1.19 bits per heavy atom. The van der Waals surface area contributed by atoms with E-state index in [1.807, 2.05) is 25.1 Å². The number of carbonyl (C=O) groups is 1. The summed E-state index contributed by atoms with van der Waals surface area (Å²) >= 11 is 5.85. The van der Waals surface area contributed by atoms with Crippen molar-refractivity contribution in [1.82, 2.24) is 14.9 Å². The zero-order chi connectivity index (χ0) is 19.1. The number of aromatic nitrogens is 2. The van der Waals surface area contributed by atoms with Crippen LogP contribution in [0, 0.1) is 0 Å². The molecule has 0 unspecified atom stereocenters. The van der Waals surface area contributed by atoms with E-state index in [2.05, 4.69) is 16.0 Å². The number of imidazole rings is 1. The second-order valence-corrected chi connectivity index (χ2v) is 6.67. The molecule has 3 rings (SSSR count). The Morgan fingerprint density at radius 2 is 1.96 bits per heavy atom. The number of halogens is 1. The van der Waals surface area contributed by atoms with E-state index in [1.165, 1.54) is 0 Å². The lowest BCUT2D eigenvalue weighted by Gasteiger charge is -2.10. The van der Waals surface area contributed by atoms with Crippen molar-refractivity contribution < 1.29 is 9.53 Å². The summed E-state index contributed by atoms with van der Waals surface area (Å²) in [5, 5.41) is 3.57. The number of para-hydroxylation sites is 2. The third kappa shape index (κ3) is 5.08. The Morgan fingerprint density at radius 3 is 2.74 bits per heavy atom. The van der Waals surface area contributed by atoms with E-state index in [1.54, 1.807) is 24.3 Å². The first-order chi connectivity index (χ1) is 13.2. The third-order valence-corrected chi connectivity index (χ3v) is 4.62. The average molecular weight is 386 g/mol. The lowest BCUT2D eigenvalue weighted by atomic mass is 10.2. The monoisotopic (exact) mass is 385 g/mol. The van der Waals surface area contributed by atoms with Gasteiger partial charge in [0.15, 0.2) is 0 Å². The number of amides is 1. The molecule has 142 valence electrons. The van der Waals surface area contributed by atoms with Gasteiger partial charge < -0.3 is 14.6 Å². The molecule has 0 aliphatic rings. The number of nitrogens with one attached hydrogen (secondary N) is 1. The number of hydrogen-bond acceptors (Lipinski definition) is 3. The summed E-state index contributed by atoms with van der Waals surface area (Å²) in [4.78, 5) is 16.9. The minimum absolute atomic E-state index is 0.0866. The average Bonchev–Trinajstić information content (AvgIpc) is 3.03. The van der Waals surface area contributed by atoms with Crippen LogP contribution >= 0.6 is 11.6 Å². The van der Waals surface area contributed by atoms with Crippen LogP contribution in [0.25, 0.3) is 11.0 Å². The molecule has 0 fully saturated rings. The summed E-state index contributed by atoms with van der Waals surface area (Å²) in [6.07, 6.45) is 1.61. The Kier molecular flexibility index (Phi) is 6.85. The fourth-order valence-electron chi connectivity index (χ4n) is 3.02. The van der Waals surface area contributed by atoms with Crippen molar-refractivity contribution in [2.45, 2.75) is 26.3 Å². The molecule has 1 aromatic heterocycles. The van der Waals surface area contributed by atoms with Gasteiger partial charge in [-0.05, 0) is 49.7 Å². The predicted octanol–water partition coefficient (Wildman–Crippen LogP) is 4.09. The Bertz CT molecular complexity index is 890. The SMILES string of the molecule is CCOCCn1c(CCCNC(=O)c2ccc(Cl)cc2)nc2ccccc21. The summed E-state index contributed by atoms with van der Waals surface area (Å²) < 4.78 is 7.72. The van der Waals surface area contributed by atoms with Gasteiger partial charge in [0.25, 0.3) is 5.91 Å². The van der Waals surface area contributed by atoms with Gasteiger partial charge in [0.05, 0.1) is 17.6 Å². The summed E-state index contributed by atoms with van der Waals surface area (Å²) in [6.45, 7) is 4.74. The van der Waals surface area contributed by atoms with Gasteiger partial charge in [-0.3, -0.25) is 4.79 Å². The fraction of sp³-hybridized carbons (Fsp3) is 0.333. The van der Waals surface area contributed by atoms with Crippen molar-refractivity contribution in [3.05, 3.63) is 64.9 Å². The zero-order valence-electron chi connectivity index (χ0n) is 15.5. The molecule has 3 aromatic rings. The maximum absolute atomic E-state index is 12.2. The number of nitrogens with zero attached hydrogens (tertiary/aromatic N) is 2. The zero-order valence-corrected chi connectivity index (χ0v) is 16.2. The molecule has 1 heterocycles. The number of aryl methyl sites for hydroxylation is 1. The van der Waals surface area contributed by atoms with Crippen LogP contribution in [-0.4, -0.2) is 35.2 Å². The van der Waals surface area contributed by atoms with Crippen LogP contribution in [0.2, 0.25) is 5.02 Å². The molecule has 0 aliphatic carbocycles. The predicted molar refractivity (Wildman–Crippen MR) is 108 cm³/mol. The normalized spacial score (nSPS) is 11.0. The number of benzene rings is 2. The van der Waals surface area contributed by atoms with Crippen molar-refractivity contribution in [3.8, 4) is 0 Å². The molecule has 0 aliphatic heterocycles. The number of ether oxygens (including phenoxy) is 1. The quantitative estimate of drug-likeness (QED) is 0.564. The van der Waals surface area contributed by atoms with Crippen molar-refractivity contribution in [2.24, 2.45) is 0 Å². The van der Waals surface area contributed by atoms with Gasteiger partial charge in [-0.1, -0.05) is 23.7 Å². The van der Waals surface area contributed by atoms with E-state index in [-0.39, 0.29) is 5.91 Å². The van der Waals surface area contributed by atoms with E-state index >= 15 is 0 Å². The van der Waals surface area contributed by atoms with Crippen LogP contribution in [-0.2, 0) is 17.7 Å². The van der Waals surface area contributed by atoms with Crippen LogP contribution in [0.4, 0.5) is 0 Å². The molecular weight excluding hydrogens is 362 g/mol. The van der Waals surface area contributed by atoms with Crippen LogP contribution in [0.5, 0.6) is 0 Å². The molecule has 27 heavy (non-hydrogen) atoms. The lowest BCUT2D eigenvalue weighted by molar-refractivity contribution is 0.0953. The number of fused-ring (bicyclic) bond motifs is 1. The van der Waals surface area contributed by atoms with E-state index < -0.39 is 0 Å². The first-order valence-corrected chi connectivity index (χ1v) is 9.62. The molecule has 6 heteroatoms. The molecule has 0 saturated carbocycles. The number of carbonyl (C=O) groups excluding carboxylic acids is 1. The van der Waals surface area contributed by atoms with Crippen molar-refractivity contribution >= 4 is 28.5 Å². The minimum atomic E-state index is -0.0866. The maximum atomic E-state index is 12.2. The molecule has 0 bridgehead atoms. The van der Waals surface area contributed by atoms with Crippen molar-refractivity contribution in [2.75, 3.05) is 19.8 Å². The first kappa shape index (κ1) is 19.4. The van der Waals surface area contributed by atoms with Gasteiger partial charge in [-0.2, -0.15) is 0 Å². The van der Waals surface area contributed by atoms with Gasteiger partial charge in [0, 0.05) is 36.7 Å². The van der Waals surface area contributed by atoms with Crippen LogP contribution < -0.4 is 5.32 Å². The molecular formula is C21H24ClN3O2. The second-order valence-electron chi connectivity index (χ2n) is 6.23. The van der Waals surface area contributed by atoms with Crippen LogP contribution in [0.1, 0.15) is 29.5 Å². The maximum Gasteiger partial charge on any atom is 0.251 e. The number of hydrogen-bond donors (Lipinski definition) is 1. The minimum Gasteiger partial charge on any atom is -0.380 e. The fourth-order valence-corrected chi connectivity index (χ4v) is 3.14. The smallest absolute Gasteiger partial charge is 0.251 e. The first-order valence-electron chi connectivity index (χ1n) is 9.24. The Balaban J connectivity index is 1.58. The standard InChI is InChI=1S/C21H24ClN3O2/c1-2-27-15-14-25-19-7-4-3-6-18(19)24-20(25)8-5-13-23-21(26)16-9-11-17(22)12-10-16/h3-4,6-7,9-12H,2,5,8,13-15H2,1H3,(H,23,26). The highest BCUT2D eigenvalue weighted by molar-refractivity contribution is 6.30. The summed E-state index contributed by atoms with van der Waals surface area (Å²) in [6, 6.07) is 15.0. The Hall–Kier alpha value is -2.37. The van der Waals surface area contributed by atoms with Gasteiger partial charge in [-0.15, -0.1) is 0 Å². The molecule has 1 amide bonds. The summed E-state index contributed by atoms with van der Waals surface area (Å²) in [5.41, 5.74) is 2.73. The second kappa shape index (κ2) is 9.53. The van der Waals surface area contributed by atoms with E-state index in [0.29, 0.717) is 30.3 Å². The lowest BCUT2D eigenvalue weighted by Crippen LogP contribution is -2.25. The highest BCUT2D eigenvalue weighted by Crippen LogP contribution is 2.17.